The summed E-state index contributed by atoms with van der Waals surface area (Å²) in [4.78, 5) is 5.56. The van der Waals surface area contributed by atoms with Gasteiger partial charge in [-0.25, -0.2) is 4.98 Å². The van der Waals surface area contributed by atoms with E-state index in [9.17, 15) is 0 Å². The molecule has 1 aromatic carbocycles. The Morgan fingerprint density at radius 1 is 1.09 bits per heavy atom. The Hall–Kier alpha value is -2.60. The van der Waals surface area contributed by atoms with Gasteiger partial charge in [-0.15, -0.1) is 22.0 Å². The van der Waals surface area contributed by atoms with Crippen molar-refractivity contribution in [3.05, 3.63) is 48.7 Å². The minimum absolute atomic E-state index is 0.411. The van der Waals surface area contributed by atoms with Gasteiger partial charge in [0.05, 0.1) is 12.5 Å². The lowest BCUT2D eigenvalue weighted by molar-refractivity contribution is 0.531. The molecule has 23 heavy (non-hydrogen) atoms. The van der Waals surface area contributed by atoms with Gasteiger partial charge in [-0.05, 0) is 30.0 Å². The number of thioether (sulfide) groups is 1. The van der Waals surface area contributed by atoms with Crippen LogP contribution in [0.5, 0.6) is 0 Å². The topological polar surface area (TPSA) is 65.0 Å². The fourth-order valence-corrected chi connectivity index (χ4v) is 2.85. The summed E-state index contributed by atoms with van der Waals surface area (Å²) in [5.74, 6) is 0.927. The molecule has 0 saturated carbocycles. The summed E-state index contributed by atoms with van der Waals surface area (Å²) in [6.45, 7) is 1.76. The smallest absolute Gasteiger partial charge is 0.266 e. The third kappa shape index (κ3) is 2.51. The van der Waals surface area contributed by atoms with E-state index in [1.165, 1.54) is 4.90 Å². The standard InChI is InChI=1S/C17H13N3O2S/c1-10-19-20-17(22-10)15-7-13-14(9-21-16(13)8-18-15)11-3-5-12(23-2)6-4-11/h3-9H,1-2H3. The zero-order valence-electron chi connectivity index (χ0n) is 12.6. The Bertz CT molecular complexity index is 973. The second-order valence-corrected chi connectivity index (χ2v) is 5.95. The van der Waals surface area contributed by atoms with Crippen LogP contribution in [-0.2, 0) is 0 Å². The Morgan fingerprint density at radius 3 is 2.61 bits per heavy atom. The molecule has 114 valence electrons. The van der Waals surface area contributed by atoms with Gasteiger partial charge in [0.1, 0.15) is 5.69 Å². The second-order valence-electron chi connectivity index (χ2n) is 5.07. The van der Waals surface area contributed by atoms with Crippen LogP contribution in [0.2, 0.25) is 0 Å². The molecule has 0 atom stereocenters. The lowest BCUT2D eigenvalue weighted by Gasteiger charge is -2.01. The molecule has 3 heterocycles. The summed E-state index contributed by atoms with van der Waals surface area (Å²) in [5.41, 5.74) is 3.49. The molecule has 0 radical (unpaired) electrons. The molecule has 0 aliphatic carbocycles. The molecular weight excluding hydrogens is 310 g/mol. The first-order chi connectivity index (χ1) is 11.2. The number of aromatic nitrogens is 3. The van der Waals surface area contributed by atoms with Crippen molar-refractivity contribution >= 4 is 22.7 Å². The molecule has 0 aliphatic rings. The van der Waals surface area contributed by atoms with Gasteiger partial charge in [-0.3, -0.25) is 0 Å². The number of rotatable bonds is 3. The van der Waals surface area contributed by atoms with Crippen molar-refractivity contribution in [2.75, 3.05) is 6.26 Å². The van der Waals surface area contributed by atoms with Crippen molar-refractivity contribution in [3.63, 3.8) is 0 Å². The lowest BCUT2D eigenvalue weighted by atomic mass is 10.1. The van der Waals surface area contributed by atoms with E-state index in [1.54, 1.807) is 31.1 Å². The normalized spacial score (nSPS) is 11.2. The minimum Gasteiger partial charge on any atom is -0.462 e. The molecule has 0 fully saturated rings. The first-order valence-corrected chi connectivity index (χ1v) is 8.29. The maximum Gasteiger partial charge on any atom is 0.266 e. The molecule has 0 bridgehead atoms. The number of hydrogen-bond donors (Lipinski definition) is 0. The van der Waals surface area contributed by atoms with E-state index in [0.29, 0.717) is 17.5 Å². The van der Waals surface area contributed by atoms with Crippen LogP contribution in [0.3, 0.4) is 0 Å². The summed E-state index contributed by atoms with van der Waals surface area (Å²) in [6, 6.07) is 10.3. The fourth-order valence-electron chi connectivity index (χ4n) is 2.44. The summed E-state index contributed by atoms with van der Waals surface area (Å²) >= 11 is 1.72. The van der Waals surface area contributed by atoms with Gasteiger partial charge in [-0.2, -0.15) is 0 Å². The van der Waals surface area contributed by atoms with E-state index in [2.05, 4.69) is 45.7 Å². The molecule has 0 amide bonds. The SMILES string of the molecule is CSc1ccc(-c2coc3cnc(-c4nnc(C)o4)cc23)cc1. The van der Waals surface area contributed by atoms with E-state index >= 15 is 0 Å². The Balaban J connectivity index is 1.83. The number of aryl methyl sites for hydroxylation is 1. The van der Waals surface area contributed by atoms with Crippen molar-refractivity contribution in [1.29, 1.82) is 0 Å². The molecular formula is C17H13N3O2S. The molecule has 5 nitrogen and oxygen atoms in total. The van der Waals surface area contributed by atoms with Crippen LogP contribution >= 0.6 is 11.8 Å². The van der Waals surface area contributed by atoms with Crippen LogP contribution in [0, 0.1) is 6.92 Å². The van der Waals surface area contributed by atoms with Gasteiger partial charge in [0.15, 0.2) is 5.58 Å². The number of fused-ring (bicyclic) bond motifs is 1. The summed E-state index contributed by atoms with van der Waals surface area (Å²) in [5, 5.41) is 8.84. The van der Waals surface area contributed by atoms with Crippen LogP contribution < -0.4 is 0 Å². The summed E-state index contributed by atoms with van der Waals surface area (Å²) < 4.78 is 11.1. The Kier molecular flexibility index (Phi) is 3.38. The minimum atomic E-state index is 0.411. The predicted octanol–water partition coefficient (Wildman–Crippen LogP) is 4.58. The van der Waals surface area contributed by atoms with E-state index in [1.807, 2.05) is 6.07 Å². The molecule has 3 aromatic heterocycles. The van der Waals surface area contributed by atoms with Gasteiger partial charge < -0.3 is 8.83 Å². The monoisotopic (exact) mass is 323 g/mol. The summed E-state index contributed by atoms with van der Waals surface area (Å²) in [6.07, 6.45) is 5.50. The Morgan fingerprint density at radius 2 is 1.91 bits per heavy atom. The summed E-state index contributed by atoms with van der Waals surface area (Å²) in [7, 11) is 0. The van der Waals surface area contributed by atoms with Crippen molar-refractivity contribution in [1.82, 2.24) is 15.2 Å². The molecule has 0 saturated heterocycles. The highest BCUT2D eigenvalue weighted by Gasteiger charge is 2.13. The van der Waals surface area contributed by atoms with Gasteiger partial charge in [0, 0.05) is 22.8 Å². The third-order valence-corrected chi connectivity index (χ3v) is 4.35. The molecule has 0 unspecified atom stereocenters. The van der Waals surface area contributed by atoms with Crippen LogP contribution in [0.4, 0.5) is 0 Å². The van der Waals surface area contributed by atoms with Crippen LogP contribution in [0.15, 0.2) is 56.5 Å². The van der Waals surface area contributed by atoms with E-state index in [0.717, 1.165) is 22.1 Å². The van der Waals surface area contributed by atoms with Crippen molar-refractivity contribution < 1.29 is 8.83 Å². The third-order valence-electron chi connectivity index (χ3n) is 3.61. The number of pyridine rings is 1. The van der Waals surface area contributed by atoms with Crippen molar-refractivity contribution in [2.24, 2.45) is 0 Å². The zero-order chi connectivity index (χ0) is 15.8. The van der Waals surface area contributed by atoms with Crippen molar-refractivity contribution in [2.45, 2.75) is 11.8 Å². The van der Waals surface area contributed by atoms with Crippen molar-refractivity contribution in [3.8, 4) is 22.7 Å². The lowest BCUT2D eigenvalue weighted by Crippen LogP contribution is -1.84. The van der Waals surface area contributed by atoms with Gasteiger partial charge in [0.25, 0.3) is 5.89 Å². The van der Waals surface area contributed by atoms with Gasteiger partial charge in [0.2, 0.25) is 5.89 Å². The van der Waals surface area contributed by atoms with Crippen LogP contribution in [0.1, 0.15) is 5.89 Å². The number of hydrogen-bond acceptors (Lipinski definition) is 6. The highest BCUT2D eigenvalue weighted by atomic mass is 32.2. The highest BCUT2D eigenvalue weighted by molar-refractivity contribution is 7.98. The number of furan rings is 1. The molecule has 0 N–H and O–H groups in total. The molecule has 4 rings (SSSR count). The number of benzene rings is 1. The second kappa shape index (κ2) is 5.55. The van der Waals surface area contributed by atoms with Crippen LogP contribution in [-0.4, -0.2) is 21.4 Å². The number of nitrogens with zero attached hydrogens (tertiary/aromatic N) is 3. The Labute approximate surface area is 136 Å². The molecule has 0 spiro atoms. The maximum atomic E-state index is 5.62. The van der Waals surface area contributed by atoms with Crippen LogP contribution in [0.25, 0.3) is 33.7 Å². The molecule has 6 heteroatoms. The fraction of sp³-hybridized carbons (Fsp3) is 0.118. The molecule has 0 aliphatic heterocycles. The highest BCUT2D eigenvalue weighted by Crippen LogP contribution is 2.33. The van der Waals surface area contributed by atoms with E-state index in [4.69, 9.17) is 8.83 Å². The quantitative estimate of drug-likeness (QED) is 0.514. The van der Waals surface area contributed by atoms with E-state index < -0.39 is 0 Å². The molecule has 4 aromatic rings. The zero-order valence-corrected chi connectivity index (χ0v) is 13.4. The van der Waals surface area contributed by atoms with Gasteiger partial charge in [-0.1, -0.05) is 12.1 Å². The largest absolute Gasteiger partial charge is 0.462 e. The average molecular weight is 323 g/mol. The first kappa shape index (κ1) is 14.0. The van der Waals surface area contributed by atoms with E-state index in [-0.39, 0.29) is 0 Å². The first-order valence-electron chi connectivity index (χ1n) is 7.07. The maximum absolute atomic E-state index is 5.62. The predicted molar refractivity (Wildman–Crippen MR) is 89.3 cm³/mol. The van der Waals surface area contributed by atoms with Gasteiger partial charge >= 0.3 is 0 Å². The average Bonchev–Trinajstić information content (AvgIpc) is 3.20.